The van der Waals surface area contributed by atoms with Gasteiger partial charge in [0, 0.05) is 5.82 Å². The van der Waals surface area contributed by atoms with Crippen LogP contribution >= 0.6 is 0 Å². The molecule has 1 unspecified atom stereocenters. The molecule has 0 spiro atoms. The molecule has 0 saturated carbocycles. The van der Waals surface area contributed by atoms with Gasteiger partial charge in [-0.2, -0.15) is 0 Å². The first-order valence-electron chi connectivity index (χ1n) is 4.13. The summed E-state index contributed by atoms with van der Waals surface area (Å²) in [6.45, 7) is 10.1. The number of rotatable bonds is 2. The van der Waals surface area contributed by atoms with Gasteiger partial charge in [0.1, 0.15) is 0 Å². The molecule has 0 amide bonds. The molecule has 3 heteroatoms. The zero-order chi connectivity index (χ0) is 9.23. The van der Waals surface area contributed by atoms with Gasteiger partial charge in [-0.15, -0.1) is 0 Å². The second-order valence-electron chi connectivity index (χ2n) is 4.55. The highest BCUT2D eigenvalue weighted by molar-refractivity contribution is 6.43. The molecule has 2 nitrogen and oxygen atoms in total. The van der Waals surface area contributed by atoms with Crippen LogP contribution < -0.4 is 0 Å². The van der Waals surface area contributed by atoms with Crippen molar-refractivity contribution in [3.8, 4) is 0 Å². The van der Waals surface area contributed by atoms with Crippen molar-refractivity contribution in [2.24, 2.45) is 11.3 Å². The molecule has 0 radical (unpaired) electrons. The fourth-order valence-corrected chi connectivity index (χ4v) is 1.79. The Morgan fingerprint density at radius 2 is 1.45 bits per heavy atom. The Labute approximate surface area is 69.8 Å². The van der Waals surface area contributed by atoms with Gasteiger partial charge in [0.2, 0.25) is 0 Å². The van der Waals surface area contributed by atoms with Crippen molar-refractivity contribution in [2.45, 2.75) is 40.4 Å². The molecule has 0 saturated heterocycles. The lowest BCUT2D eigenvalue weighted by molar-refractivity contribution is 0.252. The molecule has 0 aromatic heterocycles. The summed E-state index contributed by atoms with van der Waals surface area (Å²) in [4.78, 5) is 0. The Morgan fingerprint density at radius 3 is 1.45 bits per heavy atom. The SMILES string of the molecule is CC(C)C(B(O)O)C(C)(C)C. The third-order valence-corrected chi connectivity index (χ3v) is 2.04. The van der Waals surface area contributed by atoms with Crippen molar-refractivity contribution >= 4 is 7.12 Å². The van der Waals surface area contributed by atoms with E-state index in [2.05, 4.69) is 0 Å². The third-order valence-electron chi connectivity index (χ3n) is 2.04. The minimum Gasteiger partial charge on any atom is -0.427 e. The topological polar surface area (TPSA) is 40.5 Å². The van der Waals surface area contributed by atoms with Crippen molar-refractivity contribution in [1.29, 1.82) is 0 Å². The normalized spacial score (nSPS) is 15.3. The number of hydrogen-bond donors (Lipinski definition) is 2. The number of hydrogen-bond acceptors (Lipinski definition) is 2. The van der Waals surface area contributed by atoms with Crippen LogP contribution in [0.4, 0.5) is 0 Å². The Morgan fingerprint density at radius 1 is 1.09 bits per heavy atom. The third kappa shape index (κ3) is 3.26. The van der Waals surface area contributed by atoms with Crippen LogP contribution in [-0.4, -0.2) is 17.2 Å². The molecular weight excluding hydrogens is 139 g/mol. The highest BCUT2D eigenvalue weighted by Gasteiger charge is 2.36. The van der Waals surface area contributed by atoms with E-state index < -0.39 is 7.12 Å². The lowest BCUT2D eigenvalue weighted by atomic mass is 9.55. The molecule has 0 aromatic carbocycles. The first kappa shape index (κ1) is 11.0. The van der Waals surface area contributed by atoms with E-state index in [4.69, 9.17) is 10.0 Å². The summed E-state index contributed by atoms with van der Waals surface area (Å²) in [5.74, 6) is 0.248. The zero-order valence-corrected chi connectivity index (χ0v) is 8.13. The molecule has 0 aliphatic rings. The summed E-state index contributed by atoms with van der Waals surface area (Å²) < 4.78 is 0. The summed E-state index contributed by atoms with van der Waals surface area (Å²) in [6, 6.07) is 0. The quantitative estimate of drug-likeness (QED) is 0.598. The van der Waals surface area contributed by atoms with Crippen LogP contribution in [0.5, 0.6) is 0 Å². The van der Waals surface area contributed by atoms with E-state index in [1.807, 2.05) is 34.6 Å². The molecule has 11 heavy (non-hydrogen) atoms. The van der Waals surface area contributed by atoms with Crippen LogP contribution in [-0.2, 0) is 0 Å². The molecule has 66 valence electrons. The fourth-order valence-electron chi connectivity index (χ4n) is 1.79. The molecular formula is C8H19BO2. The summed E-state index contributed by atoms with van der Waals surface area (Å²) in [5.41, 5.74) is -0.0394. The van der Waals surface area contributed by atoms with Crippen LogP contribution in [0, 0.1) is 11.3 Å². The van der Waals surface area contributed by atoms with Gasteiger partial charge in [0.15, 0.2) is 0 Å². The lowest BCUT2D eigenvalue weighted by Gasteiger charge is -2.33. The smallest absolute Gasteiger partial charge is 0.427 e. The fraction of sp³-hybridized carbons (Fsp3) is 1.00. The Hall–Kier alpha value is -0.0151. The second-order valence-corrected chi connectivity index (χ2v) is 4.55. The standard InChI is InChI=1S/C8H19BO2/c1-6(2)7(9(10)11)8(3,4)5/h6-7,10-11H,1-5H3. The first-order chi connectivity index (χ1) is 4.76. The van der Waals surface area contributed by atoms with Crippen LogP contribution in [0.25, 0.3) is 0 Å². The van der Waals surface area contributed by atoms with Crippen molar-refractivity contribution in [2.75, 3.05) is 0 Å². The van der Waals surface area contributed by atoms with Crippen molar-refractivity contribution < 1.29 is 10.0 Å². The molecule has 0 rings (SSSR count). The van der Waals surface area contributed by atoms with Crippen LogP contribution in [0.1, 0.15) is 34.6 Å². The van der Waals surface area contributed by atoms with E-state index in [1.54, 1.807) is 0 Å². The van der Waals surface area contributed by atoms with E-state index in [0.29, 0.717) is 5.92 Å². The zero-order valence-electron chi connectivity index (χ0n) is 8.13. The van der Waals surface area contributed by atoms with Gasteiger partial charge in [-0.3, -0.25) is 0 Å². The Balaban J connectivity index is 4.35. The van der Waals surface area contributed by atoms with Gasteiger partial charge in [0.25, 0.3) is 0 Å². The maximum Gasteiger partial charge on any atom is 0.455 e. The maximum atomic E-state index is 9.07. The van der Waals surface area contributed by atoms with Gasteiger partial charge < -0.3 is 10.0 Å². The van der Waals surface area contributed by atoms with Gasteiger partial charge in [-0.05, 0) is 11.3 Å². The summed E-state index contributed by atoms with van der Waals surface area (Å²) >= 11 is 0. The molecule has 2 N–H and O–H groups in total. The molecule has 0 heterocycles. The Kier molecular flexibility index (Phi) is 3.58. The van der Waals surface area contributed by atoms with E-state index in [0.717, 1.165) is 0 Å². The van der Waals surface area contributed by atoms with Gasteiger partial charge in [0.05, 0.1) is 0 Å². The van der Waals surface area contributed by atoms with E-state index in [9.17, 15) is 0 Å². The maximum absolute atomic E-state index is 9.07. The minimum absolute atomic E-state index is 0.0394. The highest BCUT2D eigenvalue weighted by atomic mass is 16.4. The molecule has 0 aliphatic heterocycles. The van der Waals surface area contributed by atoms with Crippen LogP contribution in [0.2, 0.25) is 5.82 Å². The van der Waals surface area contributed by atoms with Crippen LogP contribution in [0.3, 0.4) is 0 Å². The van der Waals surface area contributed by atoms with Crippen molar-refractivity contribution in [3.05, 3.63) is 0 Å². The predicted octanol–water partition coefficient (Wildman–Crippen LogP) is 1.53. The van der Waals surface area contributed by atoms with Crippen LogP contribution in [0.15, 0.2) is 0 Å². The van der Waals surface area contributed by atoms with Gasteiger partial charge in [-0.25, -0.2) is 0 Å². The van der Waals surface area contributed by atoms with Crippen molar-refractivity contribution in [3.63, 3.8) is 0 Å². The second kappa shape index (κ2) is 3.59. The van der Waals surface area contributed by atoms with E-state index in [1.165, 1.54) is 0 Å². The predicted molar refractivity (Wildman–Crippen MR) is 48.2 cm³/mol. The largest absolute Gasteiger partial charge is 0.455 e. The summed E-state index contributed by atoms with van der Waals surface area (Å²) in [7, 11) is -1.20. The molecule has 0 fully saturated rings. The molecule has 1 atom stereocenters. The van der Waals surface area contributed by atoms with Crippen molar-refractivity contribution in [1.82, 2.24) is 0 Å². The average Bonchev–Trinajstić information content (AvgIpc) is 1.54. The van der Waals surface area contributed by atoms with Gasteiger partial charge in [-0.1, -0.05) is 34.6 Å². The molecule has 0 aromatic rings. The molecule has 0 bridgehead atoms. The highest BCUT2D eigenvalue weighted by Crippen LogP contribution is 2.38. The van der Waals surface area contributed by atoms with E-state index >= 15 is 0 Å². The summed E-state index contributed by atoms with van der Waals surface area (Å²) in [6.07, 6.45) is 0. The average molecular weight is 158 g/mol. The lowest BCUT2D eigenvalue weighted by Crippen LogP contribution is -2.34. The summed E-state index contributed by atoms with van der Waals surface area (Å²) in [5, 5.41) is 18.1. The monoisotopic (exact) mass is 158 g/mol. The van der Waals surface area contributed by atoms with E-state index in [-0.39, 0.29) is 11.2 Å². The Bertz CT molecular complexity index is 108. The first-order valence-corrected chi connectivity index (χ1v) is 4.13. The van der Waals surface area contributed by atoms with Gasteiger partial charge >= 0.3 is 7.12 Å². The molecule has 0 aliphatic carbocycles. The minimum atomic E-state index is -1.20.